The highest BCUT2D eigenvalue weighted by Gasteiger charge is 2.05. The Kier molecular flexibility index (Phi) is 3.47. The van der Waals surface area contributed by atoms with Crippen LogP contribution in [0.3, 0.4) is 0 Å². The number of aromatic nitrogens is 1. The Hall–Kier alpha value is -1.48. The van der Waals surface area contributed by atoms with Crippen molar-refractivity contribution in [3.8, 4) is 5.75 Å². The van der Waals surface area contributed by atoms with Crippen LogP contribution in [0, 0.1) is 0 Å². The Balaban J connectivity index is 2.36. The molecule has 0 fully saturated rings. The molecule has 0 aliphatic carbocycles. The van der Waals surface area contributed by atoms with E-state index >= 15 is 0 Å². The van der Waals surface area contributed by atoms with Crippen molar-refractivity contribution in [2.75, 3.05) is 13.2 Å². The zero-order valence-electron chi connectivity index (χ0n) is 9.65. The molecule has 86 valence electrons. The van der Waals surface area contributed by atoms with Crippen LogP contribution in [0.4, 0.5) is 0 Å². The van der Waals surface area contributed by atoms with Gasteiger partial charge < -0.3 is 15.0 Å². The first-order chi connectivity index (χ1) is 7.86. The van der Waals surface area contributed by atoms with Gasteiger partial charge in [0.05, 0.1) is 5.52 Å². The van der Waals surface area contributed by atoms with Gasteiger partial charge in [-0.1, -0.05) is 13.0 Å². The van der Waals surface area contributed by atoms with Gasteiger partial charge in [0, 0.05) is 24.7 Å². The van der Waals surface area contributed by atoms with Crippen molar-refractivity contribution in [3.05, 3.63) is 30.5 Å². The third-order valence-electron chi connectivity index (χ3n) is 2.61. The third kappa shape index (κ3) is 2.04. The van der Waals surface area contributed by atoms with Crippen LogP contribution in [-0.2, 0) is 6.54 Å². The molecular formula is C13H18N2O. The Morgan fingerprint density at radius 3 is 2.94 bits per heavy atom. The van der Waals surface area contributed by atoms with Crippen LogP contribution in [0.1, 0.15) is 13.3 Å². The maximum absolute atomic E-state index is 5.62. The molecule has 0 aliphatic heterocycles. The lowest BCUT2D eigenvalue weighted by atomic mass is 10.2. The normalized spacial score (nSPS) is 10.9. The van der Waals surface area contributed by atoms with Crippen LogP contribution in [-0.4, -0.2) is 17.7 Å². The molecule has 2 rings (SSSR count). The average molecular weight is 218 g/mol. The number of nitrogens with two attached hydrogens (primary N) is 1. The predicted octanol–water partition coefficient (Wildman–Crippen LogP) is 2.39. The smallest absolute Gasteiger partial charge is 0.128 e. The number of hydrogen-bond acceptors (Lipinski definition) is 2. The first kappa shape index (κ1) is 11.0. The molecular weight excluding hydrogens is 200 g/mol. The molecule has 0 amide bonds. The second kappa shape index (κ2) is 5.03. The summed E-state index contributed by atoms with van der Waals surface area (Å²) in [6.07, 6.45) is 3.25. The van der Waals surface area contributed by atoms with Gasteiger partial charge in [0.15, 0.2) is 0 Å². The van der Waals surface area contributed by atoms with Crippen molar-refractivity contribution >= 4 is 10.9 Å². The first-order valence-corrected chi connectivity index (χ1v) is 5.77. The average Bonchev–Trinajstić information content (AvgIpc) is 2.71. The van der Waals surface area contributed by atoms with Gasteiger partial charge in [-0.25, -0.2) is 0 Å². The summed E-state index contributed by atoms with van der Waals surface area (Å²) in [4.78, 5) is 0. The number of rotatable bonds is 5. The largest absolute Gasteiger partial charge is 0.492 e. The fourth-order valence-corrected chi connectivity index (χ4v) is 1.93. The van der Waals surface area contributed by atoms with Gasteiger partial charge in [-0.3, -0.25) is 0 Å². The minimum Gasteiger partial charge on any atom is -0.492 e. The molecule has 0 saturated carbocycles. The number of nitrogens with zero attached hydrogens (tertiary/aromatic N) is 1. The summed E-state index contributed by atoms with van der Waals surface area (Å²) in [5.41, 5.74) is 6.68. The molecule has 0 aliphatic rings. The van der Waals surface area contributed by atoms with Crippen LogP contribution >= 0.6 is 0 Å². The van der Waals surface area contributed by atoms with Crippen LogP contribution < -0.4 is 10.5 Å². The van der Waals surface area contributed by atoms with Crippen molar-refractivity contribution in [2.45, 2.75) is 19.9 Å². The SMILES string of the molecule is CCCn1ccc2c(OCCN)cccc21. The number of benzene rings is 1. The molecule has 2 aromatic rings. The van der Waals surface area contributed by atoms with E-state index in [1.807, 2.05) is 12.1 Å². The molecule has 1 aromatic carbocycles. The Bertz CT molecular complexity index is 462. The number of fused-ring (bicyclic) bond motifs is 1. The van der Waals surface area contributed by atoms with E-state index in [4.69, 9.17) is 10.5 Å². The second-order valence-corrected chi connectivity index (χ2v) is 3.84. The lowest BCUT2D eigenvalue weighted by Gasteiger charge is -2.07. The van der Waals surface area contributed by atoms with E-state index in [1.54, 1.807) is 0 Å². The second-order valence-electron chi connectivity index (χ2n) is 3.84. The summed E-state index contributed by atoms with van der Waals surface area (Å²) < 4.78 is 7.88. The molecule has 2 N–H and O–H groups in total. The van der Waals surface area contributed by atoms with Crippen LogP contribution in [0.5, 0.6) is 5.75 Å². The quantitative estimate of drug-likeness (QED) is 0.837. The first-order valence-electron chi connectivity index (χ1n) is 5.77. The van der Waals surface area contributed by atoms with Crippen molar-refractivity contribution < 1.29 is 4.74 Å². The van der Waals surface area contributed by atoms with Gasteiger partial charge in [-0.2, -0.15) is 0 Å². The van der Waals surface area contributed by atoms with E-state index in [0.717, 1.165) is 18.7 Å². The van der Waals surface area contributed by atoms with Crippen molar-refractivity contribution in [1.82, 2.24) is 4.57 Å². The molecule has 0 saturated heterocycles. The van der Waals surface area contributed by atoms with Gasteiger partial charge in [-0.05, 0) is 24.6 Å². The highest BCUT2D eigenvalue weighted by atomic mass is 16.5. The summed E-state index contributed by atoms with van der Waals surface area (Å²) in [7, 11) is 0. The summed E-state index contributed by atoms with van der Waals surface area (Å²) >= 11 is 0. The van der Waals surface area contributed by atoms with Gasteiger partial charge in [0.2, 0.25) is 0 Å². The Labute approximate surface area is 95.8 Å². The minimum absolute atomic E-state index is 0.548. The van der Waals surface area contributed by atoms with Crippen LogP contribution in [0.2, 0.25) is 0 Å². The van der Waals surface area contributed by atoms with E-state index in [1.165, 1.54) is 10.9 Å². The molecule has 16 heavy (non-hydrogen) atoms. The van der Waals surface area contributed by atoms with E-state index in [9.17, 15) is 0 Å². The summed E-state index contributed by atoms with van der Waals surface area (Å²) in [6, 6.07) is 8.26. The maximum Gasteiger partial charge on any atom is 0.128 e. The van der Waals surface area contributed by atoms with E-state index < -0.39 is 0 Å². The standard InChI is InChI=1S/C13H18N2O/c1-2-8-15-9-6-11-12(15)4-3-5-13(11)16-10-7-14/h3-6,9H,2,7-8,10,14H2,1H3. The molecule has 0 bridgehead atoms. The van der Waals surface area contributed by atoms with E-state index in [-0.39, 0.29) is 0 Å². The molecule has 0 atom stereocenters. The number of ether oxygens (including phenoxy) is 1. The molecule has 1 aromatic heterocycles. The molecule has 1 heterocycles. The number of hydrogen-bond donors (Lipinski definition) is 1. The molecule has 3 heteroatoms. The summed E-state index contributed by atoms with van der Waals surface area (Å²) in [5, 5.41) is 1.17. The van der Waals surface area contributed by atoms with Gasteiger partial charge in [-0.15, -0.1) is 0 Å². The highest BCUT2D eigenvalue weighted by molar-refractivity contribution is 5.86. The Morgan fingerprint density at radius 2 is 2.19 bits per heavy atom. The lowest BCUT2D eigenvalue weighted by Crippen LogP contribution is -2.10. The van der Waals surface area contributed by atoms with Crippen molar-refractivity contribution in [3.63, 3.8) is 0 Å². The fourth-order valence-electron chi connectivity index (χ4n) is 1.93. The van der Waals surface area contributed by atoms with Crippen LogP contribution in [0.15, 0.2) is 30.5 Å². The maximum atomic E-state index is 5.62. The summed E-state index contributed by atoms with van der Waals surface area (Å²) in [6.45, 7) is 4.34. The van der Waals surface area contributed by atoms with Gasteiger partial charge >= 0.3 is 0 Å². The van der Waals surface area contributed by atoms with Gasteiger partial charge in [0.25, 0.3) is 0 Å². The van der Waals surface area contributed by atoms with E-state index in [2.05, 4.69) is 29.8 Å². The topological polar surface area (TPSA) is 40.2 Å². The zero-order valence-corrected chi connectivity index (χ0v) is 9.65. The van der Waals surface area contributed by atoms with Gasteiger partial charge in [0.1, 0.15) is 12.4 Å². The molecule has 3 nitrogen and oxygen atoms in total. The number of aryl methyl sites for hydroxylation is 1. The monoisotopic (exact) mass is 218 g/mol. The minimum atomic E-state index is 0.548. The molecule has 0 radical (unpaired) electrons. The fraction of sp³-hybridized carbons (Fsp3) is 0.385. The third-order valence-corrected chi connectivity index (χ3v) is 2.61. The predicted molar refractivity (Wildman–Crippen MR) is 66.8 cm³/mol. The van der Waals surface area contributed by atoms with Crippen molar-refractivity contribution in [1.29, 1.82) is 0 Å². The van der Waals surface area contributed by atoms with E-state index in [0.29, 0.717) is 13.2 Å². The molecule has 0 unspecified atom stereocenters. The Morgan fingerprint density at radius 1 is 1.31 bits per heavy atom. The zero-order chi connectivity index (χ0) is 11.4. The lowest BCUT2D eigenvalue weighted by molar-refractivity contribution is 0.332. The highest BCUT2D eigenvalue weighted by Crippen LogP contribution is 2.26. The molecule has 0 spiro atoms. The van der Waals surface area contributed by atoms with Crippen molar-refractivity contribution in [2.24, 2.45) is 5.73 Å². The van der Waals surface area contributed by atoms with Crippen LogP contribution in [0.25, 0.3) is 10.9 Å². The summed E-state index contributed by atoms with van der Waals surface area (Å²) in [5.74, 6) is 0.929.